The predicted octanol–water partition coefficient (Wildman–Crippen LogP) is 2.95. The molecule has 1 aliphatic heterocycles. The first-order valence-corrected chi connectivity index (χ1v) is 8.98. The van der Waals surface area contributed by atoms with E-state index in [4.69, 9.17) is 10.5 Å². The van der Waals surface area contributed by atoms with Crippen LogP contribution in [0.5, 0.6) is 11.5 Å². The maximum Gasteiger partial charge on any atom is 0.269 e. The zero-order valence-corrected chi connectivity index (χ0v) is 15.4. The monoisotopic (exact) mass is 387 g/mol. The molecule has 1 atom stereocenters. The van der Waals surface area contributed by atoms with Gasteiger partial charge in [-0.05, 0) is 23.8 Å². The van der Waals surface area contributed by atoms with E-state index in [0.717, 1.165) is 27.8 Å². The highest BCUT2D eigenvalue weighted by Gasteiger charge is 2.30. The van der Waals surface area contributed by atoms with E-state index in [1.807, 2.05) is 36.5 Å². The van der Waals surface area contributed by atoms with Gasteiger partial charge in [-0.2, -0.15) is 0 Å². The molecule has 2 aromatic heterocycles. The van der Waals surface area contributed by atoms with Gasteiger partial charge in [0, 0.05) is 34.0 Å². The number of anilines is 1. The number of carbonyl (C=O) groups is 1. The molecule has 1 aliphatic rings. The van der Waals surface area contributed by atoms with Crippen LogP contribution in [0.15, 0.2) is 48.7 Å². The average Bonchev–Trinajstić information content (AvgIpc) is 3.09. The summed E-state index contributed by atoms with van der Waals surface area (Å²) in [6, 6.07) is 12.6. The van der Waals surface area contributed by atoms with Crippen molar-refractivity contribution in [2.24, 2.45) is 5.73 Å². The lowest BCUT2D eigenvalue weighted by molar-refractivity contribution is 0.0995. The summed E-state index contributed by atoms with van der Waals surface area (Å²) in [7, 11) is 1.51. The molecule has 0 saturated carbocycles. The molecule has 0 spiro atoms. The van der Waals surface area contributed by atoms with Gasteiger partial charge in [0.25, 0.3) is 5.91 Å². The van der Waals surface area contributed by atoms with Crippen LogP contribution in [0.3, 0.4) is 0 Å². The highest BCUT2D eigenvalue weighted by Crippen LogP contribution is 2.45. The maximum atomic E-state index is 12.1. The Morgan fingerprint density at radius 2 is 2.03 bits per heavy atom. The van der Waals surface area contributed by atoms with Crippen molar-refractivity contribution in [3.8, 4) is 22.6 Å². The number of ether oxygens (including phenoxy) is 1. The van der Waals surface area contributed by atoms with Gasteiger partial charge in [-0.1, -0.05) is 24.3 Å². The number of carbonyl (C=O) groups excluding carboxylic acids is 1. The number of benzene rings is 2. The van der Waals surface area contributed by atoms with Gasteiger partial charge in [-0.3, -0.25) is 4.79 Å². The number of fused-ring (bicyclic) bond motifs is 2. The Kier molecular flexibility index (Phi) is 3.67. The summed E-state index contributed by atoms with van der Waals surface area (Å²) >= 11 is 0. The second-order valence-corrected chi connectivity index (χ2v) is 6.81. The lowest BCUT2D eigenvalue weighted by Gasteiger charge is -2.20. The number of methoxy groups -OCH3 is 1. The number of nitrogens with two attached hydrogens (primary N) is 1. The molecule has 1 amide bonds. The number of nitrogens with one attached hydrogen (secondary N) is 2. The molecule has 144 valence electrons. The second kappa shape index (κ2) is 6.23. The molecule has 0 saturated heterocycles. The van der Waals surface area contributed by atoms with Crippen molar-refractivity contribution >= 4 is 22.6 Å². The third kappa shape index (κ3) is 2.49. The minimum atomic E-state index is -0.638. The number of phenolic OH excluding ortho intramolecular Hbond substituents is 1. The maximum absolute atomic E-state index is 12.1. The Morgan fingerprint density at radius 3 is 2.83 bits per heavy atom. The zero-order chi connectivity index (χ0) is 20.1. The normalized spacial score (nSPS) is 14.7. The summed E-state index contributed by atoms with van der Waals surface area (Å²) < 4.78 is 5.28. The highest BCUT2D eigenvalue weighted by molar-refractivity contribution is 6.10. The summed E-state index contributed by atoms with van der Waals surface area (Å²) in [5.41, 5.74) is 10.4. The van der Waals surface area contributed by atoms with Crippen LogP contribution >= 0.6 is 0 Å². The smallest absolute Gasteiger partial charge is 0.269 e. The fourth-order valence-corrected chi connectivity index (χ4v) is 3.90. The number of para-hydroxylation sites is 1. The molecule has 0 bridgehead atoms. The molecule has 8 nitrogen and oxygen atoms in total. The third-order valence-electron chi connectivity index (χ3n) is 5.20. The van der Waals surface area contributed by atoms with Crippen molar-refractivity contribution in [2.45, 2.75) is 6.04 Å². The van der Waals surface area contributed by atoms with E-state index in [1.54, 1.807) is 12.1 Å². The molecule has 3 heterocycles. The van der Waals surface area contributed by atoms with Crippen molar-refractivity contribution in [1.82, 2.24) is 15.2 Å². The summed E-state index contributed by atoms with van der Waals surface area (Å²) in [6.45, 7) is 0. The van der Waals surface area contributed by atoms with Crippen LogP contribution < -0.4 is 15.8 Å². The number of phenols is 1. The minimum absolute atomic E-state index is 0.0618. The van der Waals surface area contributed by atoms with Gasteiger partial charge in [0.15, 0.2) is 22.8 Å². The second-order valence-electron chi connectivity index (χ2n) is 6.81. The first-order valence-electron chi connectivity index (χ1n) is 8.98. The van der Waals surface area contributed by atoms with Gasteiger partial charge in [-0.25, -0.2) is 0 Å². The number of nitrogens with zero attached hydrogens (tertiary/aromatic N) is 2. The Labute approximate surface area is 165 Å². The fraction of sp³-hybridized carbons (Fsp3) is 0.0952. The van der Waals surface area contributed by atoms with E-state index in [1.165, 1.54) is 7.11 Å². The number of aromatic nitrogens is 3. The summed E-state index contributed by atoms with van der Waals surface area (Å²) in [5.74, 6) is -0.201. The first kappa shape index (κ1) is 17.1. The number of H-pyrrole nitrogens is 1. The van der Waals surface area contributed by atoms with Crippen LogP contribution in [0.2, 0.25) is 0 Å². The van der Waals surface area contributed by atoms with Crippen molar-refractivity contribution in [3.05, 3.63) is 65.5 Å². The first-order chi connectivity index (χ1) is 14.1. The number of hydrogen-bond donors (Lipinski definition) is 4. The number of hydrogen-bond acceptors (Lipinski definition) is 6. The van der Waals surface area contributed by atoms with E-state index < -0.39 is 5.91 Å². The summed E-state index contributed by atoms with van der Waals surface area (Å²) in [5, 5.41) is 22.5. The van der Waals surface area contributed by atoms with Crippen LogP contribution in [0, 0.1) is 0 Å². The van der Waals surface area contributed by atoms with Crippen molar-refractivity contribution < 1.29 is 14.6 Å². The highest BCUT2D eigenvalue weighted by atomic mass is 16.5. The zero-order valence-electron chi connectivity index (χ0n) is 15.4. The molecule has 5 rings (SSSR count). The van der Waals surface area contributed by atoms with Gasteiger partial charge >= 0.3 is 0 Å². The number of aromatic amines is 1. The van der Waals surface area contributed by atoms with Crippen molar-refractivity contribution in [1.29, 1.82) is 0 Å². The van der Waals surface area contributed by atoms with E-state index in [-0.39, 0.29) is 17.5 Å². The third-order valence-corrected chi connectivity index (χ3v) is 5.20. The average molecular weight is 387 g/mol. The number of rotatable bonds is 3. The molecule has 0 fully saturated rings. The molecule has 8 heteroatoms. The molecular weight excluding hydrogens is 370 g/mol. The lowest BCUT2D eigenvalue weighted by atomic mass is 9.95. The minimum Gasteiger partial charge on any atom is -0.504 e. The van der Waals surface area contributed by atoms with Gasteiger partial charge in [-0.15, -0.1) is 10.2 Å². The standard InChI is InChI=1S/C21H17N5O3/c1-29-15-8-10(6-7-14(15)27)18-12-9-23-21-17(12)16(19(20(22)28)25-26-21)11-4-2-3-5-13(11)24-18/h2-9,18,24,27H,1H3,(H2,22,28)(H,23,26). The Morgan fingerprint density at radius 1 is 1.21 bits per heavy atom. The molecule has 4 aromatic rings. The number of amides is 1. The SMILES string of the molecule is COc1cc(C2Nc3ccccc3-c3c(C(N)=O)nnc4[nH]cc2c34)ccc1O. The van der Waals surface area contributed by atoms with E-state index in [2.05, 4.69) is 20.5 Å². The van der Waals surface area contributed by atoms with Crippen LogP contribution in [-0.4, -0.2) is 33.3 Å². The van der Waals surface area contributed by atoms with E-state index in [9.17, 15) is 9.90 Å². The van der Waals surface area contributed by atoms with Gasteiger partial charge in [0.2, 0.25) is 0 Å². The molecule has 5 N–H and O–H groups in total. The molecular formula is C21H17N5O3. The number of aromatic hydroxyl groups is 1. The van der Waals surface area contributed by atoms with Gasteiger partial charge in [0.05, 0.1) is 13.2 Å². The van der Waals surface area contributed by atoms with Crippen molar-refractivity contribution in [2.75, 3.05) is 12.4 Å². The van der Waals surface area contributed by atoms with Crippen LogP contribution in [-0.2, 0) is 0 Å². The quantitative estimate of drug-likeness (QED) is 0.428. The summed E-state index contributed by atoms with van der Waals surface area (Å²) in [6.07, 6.45) is 1.84. The molecule has 2 aromatic carbocycles. The predicted molar refractivity (Wildman–Crippen MR) is 108 cm³/mol. The number of primary amides is 1. The molecule has 29 heavy (non-hydrogen) atoms. The van der Waals surface area contributed by atoms with E-state index in [0.29, 0.717) is 17.0 Å². The Balaban J connectivity index is 1.85. The Bertz CT molecular complexity index is 1280. The topological polar surface area (TPSA) is 126 Å². The molecule has 1 unspecified atom stereocenters. The van der Waals surface area contributed by atoms with Crippen LogP contribution in [0.25, 0.3) is 22.2 Å². The Hall–Kier alpha value is -4.07. The largest absolute Gasteiger partial charge is 0.504 e. The van der Waals surface area contributed by atoms with Crippen LogP contribution in [0.4, 0.5) is 5.69 Å². The molecule has 0 radical (unpaired) electrons. The van der Waals surface area contributed by atoms with Crippen molar-refractivity contribution in [3.63, 3.8) is 0 Å². The van der Waals surface area contributed by atoms with Gasteiger partial charge < -0.3 is 25.9 Å². The summed E-state index contributed by atoms with van der Waals surface area (Å²) in [4.78, 5) is 15.3. The fourth-order valence-electron chi connectivity index (χ4n) is 3.90. The van der Waals surface area contributed by atoms with Gasteiger partial charge in [0.1, 0.15) is 0 Å². The molecule has 0 aliphatic carbocycles. The van der Waals surface area contributed by atoms with Crippen LogP contribution in [0.1, 0.15) is 27.7 Å². The van der Waals surface area contributed by atoms with E-state index >= 15 is 0 Å². The lowest BCUT2D eigenvalue weighted by Crippen LogP contribution is -2.15.